The fourth-order valence-corrected chi connectivity index (χ4v) is 3.47. The molecular formula is C16H22O4S. The van der Waals surface area contributed by atoms with Crippen molar-refractivity contribution in [1.82, 2.24) is 0 Å². The maximum absolute atomic E-state index is 12.7. The highest BCUT2D eigenvalue weighted by Gasteiger charge is 2.35. The van der Waals surface area contributed by atoms with Gasteiger partial charge in [0, 0.05) is 0 Å². The van der Waals surface area contributed by atoms with Crippen molar-refractivity contribution in [3.8, 4) is 0 Å². The van der Waals surface area contributed by atoms with E-state index >= 15 is 0 Å². The zero-order valence-electron chi connectivity index (χ0n) is 12.8. The predicted molar refractivity (Wildman–Crippen MR) is 82.8 cm³/mol. The van der Waals surface area contributed by atoms with Crippen molar-refractivity contribution >= 4 is 15.8 Å². The van der Waals surface area contributed by atoms with Crippen LogP contribution in [0.5, 0.6) is 0 Å². The molecule has 21 heavy (non-hydrogen) atoms. The van der Waals surface area contributed by atoms with Crippen LogP contribution in [0.3, 0.4) is 0 Å². The molecule has 0 aliphatic heterocycles. The highest BCUT2D eigenvalue weighted by atomic mass is 32.2. The number of esters is 1. The highest BCUT2D eigenvalue weighted by molar-refractivity contribution is 7.92. The monoisotopic (exact) mass is 310 g/mol. The van der Waals surface area contributed by atoms with Gasteiger partial charge in [0.1, 0.15) is 0 Å². The first-order valence-electron chi connectivity index (χ1n) is 6.96. The quantitative estimate of drug-likeness (QED) is 0.573. The molecule has 0 aliphatic carbocycles. The van der Waals surface area contributed by atoms with Crippen molar-refractivity contribution in [3.05, 3.63) is 42.0 Å². The Morgan fingerprint density at radius 3 is 2.29 bits per heavy atom. The molecule has 0 saturated carbocycles. The molecular weight excluding hydrogens is 288 g/mol. The molecule has 0 aromatic heterocycles. The summed E-state index contributed by atoms with van der Waals surface area (Å²) in [4.78, 5) is 12.2. The molecule has 5 heteroatoms. The Morgan fingerprint density at radius 1 is 1.24 bits per heavy atom. The van der Waals surface area contributed by atoms with E-state index in [1.165, 1.54) is 12.1 Å². The fourth-order valence-electron chi connectivity index (χ4n) is 1.85. The first-order valence-corrected chi connectivity index (χ1v) is 8.51. The van der Waals surface area contributed by atoms with Gasteiger partial charge in [-0.05, 0) is 38.8 Å². The van der Waals surface area contributed by atoms with Crippen molar-refractivity contribution in [3.63, 3.8) is 0 Å². The zero-order chi connectivity index (χ0) is 16.0. The van der Waals surface area contributed by atoms with E-state index in [1.807, 2.05) is 13.8 Å². The molecule has 1 aromatic carbocycles. The number of allylic oxidation sites excluding steroid dienone is 1. The van der Waals surface area contributed by atoms with Gasteiger partial charge < -0.3 is 4.74 Å². The summed E-state index contributed by atoms with van der Waals surface area (Å²) in [7, 11) is -3.78. The number of ether oxygens (including phenoxy) is 1. The summed E-state index contributed by atoms with van der Waals surface area (Å²) in [6.07, 6.45) is 0.713. The summed E-state index contributed by atoms with van der Waals surface area (Å²) in [5.74, 6) is -0.715. The van der Waals surface area contributed by atoms with Crippen molar-refractivity contribution in [1.29, 1.82) is 0 Å². The number of sulfone groups is 1. The second-order valence-electron chi connectivity index (χ2n) is 4.91. The standard InChI is InChI=1S/C16H22O4S/c1-5-12(3)11-15(16(17)20-6-2)21(18,19)14-9-7-13(4)8-10-14/h7-10,15H,3,5-6,11H2,1-2,4H3. The van der Waals surface area contributed by atoms with Gasteiger partial charge in [0.2, 0.25) is 0 Å². The maximum Gasteiger partial charge on any atom is 0.325 e. The van der Waals surface area contributed by atoms with Gasteiger partial charge in [-0.3, -0.25) is 4.79 Å². The molecule has 0 fully saturated rings. The minimum Gasteiger partial charge on any atom is -0.465 e. The minimum atomic E-state index is -3.78. The van der Waals surface area contributed by atoms with E-state index < -0.39 is 21.1 Å². The Labute approximate surface area is 126 Å². The van der Waals surface area contributed by atoms with E-state index in [0.717, 1.165) is 5.56 Å². The summed E-state index contributed by atoms with van der Waals surface area (Å²) in [5.41, 5.74) is 1.67. The van der Waals surface area contributed by atoms with Crippen LogP contribution in [0.25, 0.3) is 0 Å². The summed E-state index contributed by atoms with van der Waals surface area (Å²) >= 11 is 0. The molecule has 1 rings (SSSR count). The van der Waals surface area contributed by atoms with Crippen LogP contribution < -0.4 is 0 Å². The smallest absolute Gasteiger partial charge is 0.325 e. The van der Waals surface area contributed by atoms with Crippen molar-refractivity contribution in [2.75, 3.05) is 6.61 Å². The number of hydrogen-bond acceptors (Lipinski definition) is 4. The van der Waals surface area contributed by atoms with Crippen LogP contribution in [0.15, 0.2) is 41.3 Å². The largest absolute Gasteiger partial charge is 0.465 e. The minimum absolute atomic E-state index is 0.0888. The van der Waals surface area contributed by atoms with Gasteiger partial charge in [0.25, 0.3) is 0 Å². The maximum atomic E-state index is 12.7. The van der Waals surface area contributed by atoms with Crippen LogP contribution >= 0.6 is 0 Å². The van der Waals surface area contributed by atoms with Crippen LogP contribution in [-0.2, 0) is 19.4 Å². The van der Waals surface area contributed by atoms with Gasteiger partial charge >= 0.3 is 5.97 Å². The van der Waals surface area contributed by atoms with Gasteiger partial charge in [-0.15, -0.1) is 0 Å². The topological polar surface area (TPSA) is 60.4 Å². The van der Waals surface area contributed by atoms with Crippen LogP contribution in [0, 0.1) is 6.92 Å². The average Bonchev–Trinajstić information content (AvgIpc) is 2.44. The second kappa shape index (κ2) is 7.41. The van der Waals surface area contributed by atoms with Gasteiger partial charge in [0.05, 0.1) is 11.5 Å². The molecule has 0 N–H and O–H groups in total. The normalized spacial score (nSPS) is 12.7. The van der Waals surface area contributed by atoms with Crippen LogP contribution in [0.4, 0.5) is 0 Å². The molecule has 0 aliphatic rings. The van der Waals surface area contributed by atoms with Gasteiger partial charge in [0.15, 0.2) is 15.1 Å². The summed E-state index contributed by atoms with van der Waals surface area (Å²) in [6.45, 7) is 9.36. The Bertz CT molecular complexity index is 600. The highest BCUT2D eigenvalue weighted by Crippen LogP contribution is 2.23. The lowest BCUT2D eigenvalue weighted by molar-refractivity contribution is -0.142. The number of rotatable bonds is 7. The lowest BCUT2D eigenvalue weighted by atomic mass is 10.1. The van der Waals surface area contributed by atoms with E-state index in [0.29, 0.717) is 12.0 Å². The molecule has 116 valence electrons. The summed E-state index contributed by atoms with van der Waals surface area (Å²) < 4.78 is 30.3. The third kappa shape index (κ3) is 4.43. The van der Waals surface area contributed by atoms with Crippen molar-refractivity contribution in [2.45, 2.75) is 43.8 Å². The Morgan fingerprint density at radius 2 is 1.81 bits per heavy atom. The Kier molecular flexibility index (Phi) is 6.15. The first kappa shape index (κ1) is 17.4. The van der Waals surface area contributed by atoms with Crippen molar-refractivity contribution in [2.24, 2.45) is 0 Å². The molecule has 0 radical (unpaired) electrons. The molecule has 4 nitrogen and oxygen atoms in total. The summed E-state index contributed by atoms with van der Waals surface area (Å²) in [5, 5.41) is -1.23. The summed E-state index contributed by atoms with van der Waals surface area (Å²) in [6, 6.07) is 6.46. The third-order valence-electron chi connectivity index (χ3n) is 3.25. The van der Waals surface area contributed by atoms with Crippen LogP contribution in [-0.4, -0.2) is 26.2 Å². The molecule has 1 aromatic rings. The van der Waals surface area contributed by atoms with Gasteiger partial charge in [-0.1, -0.05) is 36.8 Å². The van der Waals surface area contributed by atoms with Crippen LogP contribution in [0.2, 0.25) is 0 Å². The molecule has 0 spiro atoms. The fraction of sp³-hybridized carbons (Fsp3) is 0.438. The van der Waals surface area contributed by atoms with Gasteiger partial charge in [-0.2, -0.15) is 0 Å². The number of benzene rings is 1. The van der Waals surface area contributed by atoms with E-state index in [9.17, 15) is 13.2 Å². The number of carbonyl (C=O) groups is 1. The Balaban J connectivity index is 3.19. The predicted octanol–water partition coefficient (Wildman–Crippen LogP) is 3.06. The van der Waals surface area contributed by atoms with E-state index in [4.69, 9.17) is 4.74 Å². The SMILES string of the molecule is C=C(CC)CC(C(=O)OCC)S(=O)(=O)c1ccc(C)cc1. The molecule has 0 heterocycles. The molecule has 1 unspecified atom stereocenters. The lowest BCUT2D eigenvalue weighted by Gasteiger charge is -2.17. The third-order valence-corrected chi connectivity index (χ3v) is 5.29. The van der Waals surface area contributed by atoms with Gasteiger partial charge in [-0.25, -0.2) is 8.42 Å². The number of aryl methyl sites for hydroxylation is 1. The van der Waals surface area contributed by atoms with E-state index in [1.54, 1.807) is 19.1 Å². The van der Waals surface area contributed by atoms with E-state index in [-0.39, 0.29) is 17.9 Å². The molecule has 0 saturated heterocycles. The number of carbonyl (C=O) groups excluding carboxylic acids is 1. The van der Waals surface area contributed by atoms with Crippen molar-refractivity contribution < 1.29 is 17.9 Å². The molecule has 1 atom stereocenters. The lowest BCUT2D eigenvalue weighted by Crippen LogP contribution is -2.32. The zero-order valence-corrected chi connectivity index (χ0v) is 13.6. The van der Waals surface area contributed by atoms with Crippen LogP contribution in [0.1, 0.15) is 32.3 Å². The first-order chi connectivity index (χ1) is 9.82. The van der Waals surface area contributed by atoms with E-state index in [2.05, 4.69) is 6.58 Å². The number of hydrogen-bond donors (Lipinski definition) is 0. The molecule has 0 bridgehead atoms. The average molecular weight is 310 g/mol. The second-order valence-corrected chi connectivity index (χ2v) is 7.04. The molecule has 0 amide bonds. The Hall–Kier alpha value is -1.62.